The normalized spacial score (nSPS) is 18.6. The van der Waals surface area contributed by atoms with Crippen molar-refractivity contribution in [2.45, 2.75) is 31.2 Å². The summed E-state index contributed by atoms with van der Waals surface area (Å²) in [5.74, 6) is 0.605. The van der Waals surface area contributed by atoms with Crippen LogP contribution in [-0.4, -0.2) is 27.1 Å². The first-order valence-corrected chi connectivity index (χ1v) is 11.1. The van der Waals surface area contributed by atoms with E-state index in [2.05, 4.69) is 43.1 Å². The summed E-state index contributed by atoms with van der Waals surface area (Å²) in [6.45, 7) is 4.90. The fraction of sp³-hybridized carbons (Fsp3) is 0.304. The zero-order valence-electron chi connectivity index (χ0n) is 16.3. The Hall–Kier alpha value is -2.37. The van der Waals surface area contributed by atoms with E-state index in [9.17, 15) is 4.79 Å². The molecule has 0 spiro atoms. The summed E-state index contributed by atoms with van der Waals surface area (Å²) in [7, 11) is 1.99. The quantitative estimate of drug-likeness (QED) is 0.531. The molecule has 0 radical (unpaired) electrons. The van der Waals surface area contributed by atoms with Gasteiger partial charge in [-0.2, -0.15) is 5.10 Å². The van der Waals surface area contributed by atoms with E-state index in [-0.39, 0.29) is 11.8 Å². The van der Waals surface area contributed by atoms with Gasteiger partial charge in [-0.3, -0.25) is 9.48 Å². The van der Waals surface area contributed by atoms with Crippen LogP contribution in [0.15, 0.2) is 49.2 Å². The number of amides is 1. The number of hydrogen-bond acceptors (Lipinski definition) is 3. The lowest BCUT2D eigenvalue weighted by Crippen LogP contribution is -2.37. The standard InChI is InChI=1S/C23H22ClN3OS/c1-3-22(28)27-12-18(17-10-21(24)29-20(17)13-27)15-6-4-5-7-16(15)19-11-26(2)25-23(19)14-8-9-14/h3-7,10-11,14,18H,1,8-9,12-13H2,2H3/t18-/m0/s1. The number of carbonyl (C=O) groups is 1. The molecule has 2 aliphatic rings. The molecule has 148 valence electrons. The summed E-state index contributed by atoms with van der Waals surface area (Å²) in [6, 6.07) is 10.6. The predicted octanol–water partition coefficient (Wildman–Crippen LogP) is 5.34. The van der Waals surface area contributed by atoms with Crippen molar-refractivity contribution in [2.75, 3.05) is 6.54 Å². The molecule has 1 fully saturated rings. The van der Waals surface area contributed by atoms with Crippen LogP contribution in [0.2, 0.25) is 4.34 Å². The summed E-state index contributed by atoms with van der Waals surface area (Å²) in [6.07, 6.45) is 5.95. The minimum Gasteiger partial charge on any atom is -0.333 e. The number of carbonyl (C=O) groups excluding carboxylic acids is 1. The van der Waals surface area contributed by atoms with E-state index >= 15 is 0 Å². The third-order valence-corrected chi connectivity index (χ3v) is 7.12. The van der Waals surface area contributed by atoms with Crippen molar-refractivity contribution in [1.82, 2.24) is 14.7 Å². The molecule has 3 heterocycles. The fourth-order valence-electron chi connectivity index (χ4n) is 4.36. The maximum Gasteiger partial charge on any atom is 0.246 e. The van der Waals surface area contributed by atoms with Gasteiger partial charge in [0, 0.05) is 42.1 Å². The van der Waals surface area contributed by atoms with Gasteiger partial charge in [-0.05, 0) is 41.7 Å². The topological polar surface area (TPSA) is 38.1 Å². The highest BCUT2D eigenvalue weighted by molar-refractivity contribution is 7.16. The highest BCUT2D eigenvalue weighted by atomic mass is 35.5. The van der Waals surface area contributed by atoms with Crippen LogP contribution in [0, 0.1) is 0 Å². The van der Waals surface area contributed by atoms with Gasteiger partial charge in [0.1, 0.15) is 0 Å². The summed E-state index contributed by atoms with van der Waals surface area (Å²) in [4.78, 5) is 15.5. The Morgan fingerprint density at radius 1 is 1.28 bits per heavy atom. The van der Waals surface area contributed by atoms with Gasteiger partial charge in [-0.1, -0.05) is 42.4 Å². The van der Waals surface area contributed by atoms with Crippen molar-refractivity contribution in [3.8, 4) is 11.1 Å². The minimum atomic E-state index is -0.0392. The Morgan fingerprint density at radius 2 is 2.07 bits per heavy atom. The maximum absolute atomic E-state index is 12.4. The van der Waals surface area contributed by atoms with E-state index in [1.165, 1.54) is 46.9 Å². The van der Waals surface area contributed by atoms with Crippen LogP contribution in [-0.2, 0) is 18.4 Å². The molecule has 2 aromatic heterocycles. The lowest BCUT2D eigenvalue weighted by atomic mass is 9.83. The summed E-state index contributed by atoms with van der Waals surface area (Å²) >= 11 is 7.95. The Balaban J connectivity index is 1.65. The molecule has 1 aromatic carbocycles. The van der Waals surface area contributed by atoms with Gasteiger partial charge < -0.3 is 4.90 Å². The van der Waals surface area contributed by atoms with Crippen molar-refractivity contribution in [2.24, 2.45) is 7.05 Å². The first-order chi connectivity index (χ1) is 14.0. The molecule has 0 unspecified atom stereocenters. The number of fused-ring (bicyclic) bond motifs is 1. The van der Waals surface area contributed by atoms with Crippen molar-refractivity contribution in [3.05, 3.63) is 75.2 Å². The lowest BCUT2D eigenvalue weighted by molar-refractivity contribution is -0.127. The number of aromatic nitrogens is 2. The van der Waals surface area contributed by atoms with Crippen molar-refractivity contribution >= 4 is 28.8 Å². The van der Waals surface area contributed by atoms with E-state index in [4.69, 9.17) is 16.7 Å². The number of nitrogens with zero attached hydrogens (tertiary/aromatic N) is 3. The van der Waals surface area contributed by atoms with Crippen LogP contribution in [0.3, 0.4) is 0 Å². The van der Waals surface area contributed by atoms with E-state index in [1.54, 1.807) is 11.3 Å². The Labute approximate surface area is 179 Å². The SMILES string of the molecule is C=CC(=O)N1Cc2sc(Cl)cc2[C@H](c2ccccc2-c2cn(C)nc2C2CC2)C1. The molecule has 0 saturated heterocycles. The van der Waals surface area contributed by atoms with Crippen LogP contribution in [0.5, 0.6) is 0 Å². The van der Waals surface area contributed by atoms with E-state index < -0.39 is 0 Å². The largest absolute Gasteiger partial charge is 0.333 e. The summed E-state index contributed by atoms with van der Waals surface area (Å²) < 4.78 is 2.69. The molecule has 4 nitrogen and oxygen atoms in total. The molecule has 3 aromatic rings. The van der Waals surface area contributed by atoms with Gasteiger partial charge in [-0.15, -0.1) is 11.3 Å². The van der Waals surface area contributed by atoms with E-state index in [1.807, 2.05) is 16.6 Å². The van der Waals surface area contributed by atoms with E-state index in [0.29, 0.717) is 19.0 Å². The van der Waals surface area contributed by atoms with Crippen molar-refractivity contribution in [1.29, 1.82) is 0 Å². The molecule has 0 N–H and O–H groups in total. The number of halogens is 1. The molecule has 5 rings (SSSR count). The Kier molecular flexibility index (Phi) is 4.60. The highest BCUT2D eigenvalue weighted by Crippen LogP contribution is 2.47. The Bertz CT molecular complexity index is 1110. The first kappa shape index (κ1) is 18.6. The van der Waals surface area contributed by atoms with Crippen LogP contribution in [0.1, 0.15) is 46.4 Å². The highest BCUT2D eigenvalue weighted by Gasteiger charge is 2.34. The van der Waals surface area contributed by atoms with Crippen LogP contribution < -0.4 is 0 Å². The molecule has 6 heteroatoms. The third-order valence-electron chi connectivity index (χ3n) is 5.86. The molecule has 1 aliphatic heterocycles. The average molecular weight is 424 g/mol. The number of aryl methyl sites for hydroxylation is 1. The molecule has 0 bridgehead atoms. The first-order valence-electron chi connectivity index (χ1n) is 9.87. The molecular weight excluding hydrogens is 402 g/mol. The van der Waals surface area contributed by atoms with Crippen LogP contribution >= 0.6 is 22.9 Å². The van der Waals surface area contributed by atoms with Gasteiger partial charge >= 0.3 is 0 Å². The smallest absolute Gasteiger partial charge is 0.246 e. The number of hydrogen-bond donors (Lipinski definition) is 0. The third kappa shape index (κ3) is 3.32. The number of benzene rings is 1. The molecule has 29 heavy (non-hydrogen) atoms. The summed E-state index contributed by atoms with van der Waals surface area (Å²) in [5.41, 5.74) is 6.06. The average Bonchev–Trinajstić information content (AvgIpc) is 3.39. The lowest BCUT2D eigenvalue weighted by Gasteiger charge is -2.33. The molecule has 1 atom stereocenters. The second kappa shape index (κ2) is 7.15. The second-order valence-electron chi connectivity index (χ2n) is 7.87. The van der Waals surface area contributed by atoms with Crippen molar-refractivity contribution < 1.29 is 4.79 Å². The molecular formula is C23H22ClN3OS. The monoisotopic (exact) mass is 423 g/mol. The maximum atomic E-state index is 12.4. The van der Waals surface area contributed by atoms with Gasteiger partial charge in [0.2, 0.25) is 5.91 Å². The summed E-state index contributed by atoms with van der Waals surface area (Å²) in [5, 5.41) is 4.76. The Morgan fingerprint density at radius 3 is 2.83 bits per heavy atom. The van der Waals surface area contributed by atoms with E-state index in [0.717, 1.165) is 9.21 Å². The van der Waals surface area contributed by atoms with Gasteiger partial charge in [0.05, 0.1) is 16.6 Å². The van der Waals surface area contributed by atoms with Crippen LogP contribution in [0.25, 0.3) is 11.1 Å². The van der Waals surface area contributed by atoms with Gasteiger partial charge in [0.25, 0.3) is 0 Å². The fourth-order valence-corrected chi connectivity index (χ4v) is 5.72. The minimum absolute atomic E-state index is 0.0392. The predicted molar refractivity (Wildman–Crippen MR) is 117 cm³/mol. The molecule has 1 aliphatic carbocycles. The zero-order chi connectivity index (χ0) is 20.1. The second-order valence-corrected chi connectivity index (χ2v) is 9.64. The molecule has 1 amide bonds. The van der Waals surface area contributed by atoms with Crippen molar-refractivity contribution in [3.63, 3.8) is 0 Å². The number of rotatable bonds is 4. The number of thiophene rings is 1. The van der Waals surface area contributed by atoms with Crippen LogP contribution in [0.4, 0.5) is 0 Å². The van der Waals surface area contributed by atoms with Gasteiger partial charge in [-0.25, -0.2) is 0 Å². The zero-order valence-corrected chi connectivity index (χ0v) is 17.8. The molecule has 1 saturated carbocycles. The van der Waals surface area contributed by atoms with Gasteiger partial charge in [0.15, 0.2) is 0 Å².